The fourth-order valence-electron chi connectivity index (χ4n) is 10.6. The predicted octanol–water partition coefficient (Wildman–Crippen LogP) is 16.4. The second-order valence-electron chi connectivity index (χ2n) is 16.6. The van der Waals surface area contributed by atoms with Gasteiger partial charge in [0.05, 0.1) is 22.3 Å². The molecule has 0 unspecified atom stereocenters. The van der Waals surface area contributed by atoms with Crippen molar-refractivity contribution in [3.8, 4) is 22.4 Å². The van der Waals surface area contributed by atoms with E-state index in [0.29, 0.717) is 0 Å². The van der Waals surface area contributed by atoms with Gasteiger partial charge in [-0.25, -0.2) is 4.98 Å². The Morgan fingerprint density at radius 2 is 1.03 bits per heavy atom. The zero-order chi connectivity index (χ0) is 41.5. The highest BCUT2D eigenvalue weighted by molar-refractivity contribution is 7.26. The number of pyridine rings is 1. The number of nitrogens with zero attached hydrogens (tertiary/aromatic N) is 2. The lowest BCUT2D eigenvalue weighted by Gasteiger charge is -2.35. The number of anilines is 3. The third kappa shape index (κ3) is 5.33. The van der Waals surface area contributed by atoms with Crippen LogP contribution in [-0.4, -0.2) is 4.98 Å². The van der Waals surface area contributed by atoms with Crippen LogP contribution in [0.25, 0.3) is 75.0 Å². The van der Waals surface area contributed by atoms with Gasteiger partial charge in [-0.3, -0.25) is 0 Å². The molecule has 2 nitrogen and oxygen atoms in total. The quantitative estimate of drug-likeness (QED) is 0.155. The summed E-state index contributed by atoms with van der Waals surface area (Å²) in [6.45, 7) is 0. The molecule has 0 atom stereocenters. The molecule has 1 aliphatic carbocycles. The summed E-state index contributed by atoms with van der Waals surface area (Å²) in [4.78, 5) is 7.84. The largest absolute Gasteiger partial charge is 0.310 e. The lowest BCUT2D eigenvalue weighted by Crippen LogP contribution is -2.28. The molecule has 13 rings (SSSR count). The summed E-state index contributed by atoms with van der Waals surface area (Å²) in [5, 5.41) is 8.63. The summed E-state index contributed by atoms with van der Waals surface area (Å²) in [6.07, 6.45) is 0. The van der Waals surface area contributed by atoms with E-state index in [4.69, 9.17) is 4.98 Å². The number of hydrogen-bond acceptors (Lipinski definition) is 3. The molecule has 1 aliphatic rings. The standard InChI is InChI=1S/C60H38N2S/c1-3-18-41(19-4-1)60(42-20-5-2-6-21-42)52-26-12-9-23-46(52)47-35-34-44(38-53(47)60)62(55-28-15-17-39-16-7-8-22-45(39)55)43-32-30-40(31-33-43)58-51-37-36-49-48-24-11-14-29-56(48)63-59(49)57(51)50-25-10-13-27-54(50)61-58/h1-38H. The Hall–Kier alpha value is -7.85. The number of rotatable bonds is 6. The molecule has 0 aliphatic heterocycles. The molecule has 0 fully saturated rings. The smallest absolute Gasteiger partial charge is 0.0788 e. The van der Waals surface area contributed by atoms with E-state index in [2.05, 4.69) is 235 Å². The van der Waals surface area contributed by atoms with Gasteiger partial charge in [-0.2, -0.15) is 0 Å². The van der Waals surface area contributed by atoms with Crippen molar-refractivity contribution in [2.45, 2.75) is 5.41 Å². The first kappa shape index (κ1) is 35.9. The van der Waals surface area contributed by atoms with Crippen LogP contribution in [0.15, 0.2) is 231 Å². The molecule has 10 aromatic carbocycles. The van der Waals surface area contributed by atoms with Crippen LogP contribution in [0.1, 0.15) is 22.3 Å². The summed E-state index contributed by atoms with van der Waals surface area (Å²) in [7, 11) is 0. The maximum absolute atomic E-state index is 5.39. The van der Waals surface area contributed by atoms with Crippen LogP contribution < -0.4 is 4.90 Å². The molecular formula is C60H38N2S. The average Bonchev–Trinajstić information content (AvgIpc) is 3.88. The topological polar surface area (TPSA) is 16.1 Å². The van der Waals surface area contributed by atoms with Gasteiger partial charge in [0.15, 0.2) is 0 Å². The van der Waals surface area contributed by atoms with Crippen molar-refractivity contribution in [2.24, 2.45) is 0 Å². The molecule has 0 saturated carbocycles. The van der Waals surface area contributed by atoms with Crippen LogP contribution in [0, 0.1) is 0 Å². The number of hydrogen-bond donors (Lipinski definition) is 0. The van der Waals surface area contributed by atoms with E-state index in [1.165, 1.54) is 80.5 Å². The normalized spacial score (nSPS) is 12.9. The minimum atomic E-state index is -0.513. The van der Waals surface area contributed by atoms with Gasteiger partial charge in [-0.05, 0) is 81.2 Å². The highest BCUT2D eigenvalue weighted by Gasteiger charge is 2.46. The molecule has 0 spiro atoms. The lowest BCUT2D eigenvalue weighted by atomic mass is 9.67. The van der Waals surface area contributed by atoms with Gasteiger partial charge in [-0.15, -0.1) is 11.3 Å². The summed E-state index contributed by atoms with van der Waals surface area (Å²) in [5.74, 6) is 0. The first-order valence-electron chi connectivity index (χ1n) is 21.6. The Kier molecular flexibility index (Phi) is 8.03. The highest BCUT2D eigenvalue weighted by Crippen LogP contribution is 2.57. The van der Waals surface area contributed by atoms with E-state index in [1.807, 2.05) is 11.3 Å². The Morgan fingerprint density at radius 3 is 1.84 bits per heavy atom. The van der Waals surface area contributed by atoms with E-state index in [1.54, 1.807) is 0 Å². The van der Waals surface area contributed by atoms with Gasteiger partial charge >= 0.3 is 0 Å². The monoisotopic (exact) mass is 818 g/mol. The first-order chi connectivity index (χ1) is 31.3. The predicted molar refractivity (Wildman–Crippen MR) is 267 cm³/mol. The Morgan fingerprint density at radius 1 is 0.413 bits per heavy atom. The first-order valence-corrected chi connectivity index (χ1v) is 22.4. The van der Waals surface area contributed by atoms with Crippen molar-refractivity contribution in [3.05, 3.63) is 253 Å². The maximum atomic E-state index is 5.39. The second kappa shape index (κ2) is 14.1. The van der Waals surface area contributed by atoms with Gasteiger partial charge in [0.25, 0.3) is 0 Å². The van der Waals surface area contributed by atoms with Crippen molar-refractivity contribution < 1.29 is 0 Å². The molecule has 3 heteroatoms. The van der Waals surface area contributed by atoms with Crippen LogP contribution >= 0.6 is 11.3 Å². The average molecular weight is 819 g/mol. The van der Waals surface area contributed by atoms with Crippen molar-refractivity contribution in [3.63, 3.8) is 0 Å². The number of para-hydroxylation sites is 1. The number of fused-ring (bicyclic) bond motifs is 11. The van der Waals surface area contributed by atoms with E-state index >= 15 is 0 Å². The summed E-state index contributed by atoms with van der Waals surface area (Å²) in [6, 6.07) is 84.6. The third-order valence-electron chi connectivity index (χ3n) is 13.3. The van der Waals surface area contributed by atoms with Crippen LogP contribution in [0.4, 0.5) is 17.1 Å². The maximum Gasteiger partial charge on any atom is 0.0788 e. The van der Waals surface area contributed by atoms with Gasteiger partial charge in [0.1, 0.15) is 0 Å². The van der Waals surface area contributed by atoms with Crippen LogP contribution in [0.2, 0.25) is 0 Å². The molecule has 0 N–H and O–H groups in total. The minimum Gasteiger partial charge on any atom is -0.310 e. The van der Waals surface area contributed by atoms with Crippen molar-refractivity contribution in [1.29, 1.82) is 0 Å². The third-order valence-corrected chi connectivity index (χ3v) is 14.5. The van der Waals surface area contributed by atoms with Crippen molar-refractivity contribution >= 4 is 81.0 Å². The van der Waals surface area contributed by atoms with E-state index < -0.39 is 5.41 Å². The van der Waals surface area contributed by atoms with Gasteiger partial charge in [0.2, 0.25) is 0 Å². The summed E-state index contributed by atoms with van der Waals surface area (Å²) < 4.78 is 2.62. The highest BCUT2D eigenvalue weighted by atomic mass is 32.1. The molecule has 63 heavy (non-hydrogen) atoms. The number of thiophene rings is 1. The molecule has 0 radical (unpaired) electrons. The number of benzene rings is 10. The van der Waals surface area contributed by atoms with E-state index in [9.17, 15) is 0 Å². The zero-order valence-electron chi connectivity index (χ0n) is 34.2. The lowest BCUT2D eigenvalue weighted by molar-refractivity contribution is 0.768. The molecular weight excluding hydrogens is 781 g/mol. The summed E-state index contributed by atoms with van der Waals surface area (Å²) in [5.41, 5.74) is 13.5. The fraction of sp³-hybridized carbons (Fsp3) is 0.0167. The zero-order valence-corrected chi connectivity index (χ0v) is 35.1. The molecule has 294 valence electrons. The minimum absolute atomic E-state index is 0.513. The SMILES string of the molecule is c1ccc(C2(c3ccccc3)c3ccccc3-c3ccc(N(c4ccc(-c5nc6ccccc6c6c5ccc5c7ccccc7sc56)cc4)c4cccc5ccccc45)cc32)cc1. The van der Waals surface area contributed by atoms with Crippen molar-refractivity contribution in [1.82, 2.24) is 4.98 Å². The van der Waals surface area contributed by atoms with Crippen LogP contribution in [0.3, 0.4) is 0 Å². The molecule has 0 saturated heterocycles. The van der Waals surface area contributed by atoms with Crippen LogP contribution in [-0.2, 0) is 5.41 Å². The number of aromatic nitrogens is 1. The second-order valence-corrected chi connectivity index (χ2v) is 17.6. The van der Waals surface area contributed by atoms with Gasteiger partial charge in [-0.1, -0.05) is 188 Å². The molecule has 0 bridgehead atoms. The molecule has 0 amide bonds. The molecule has 2 aromatic heterocycles. The van der Waals surface area contributed by atoms with Crippen molar-refractivity contribution in [2.75, 3.05) is 4.90 Å². The van der Waals surface area contributed by atoms with Crippen LogP contribution in [0.5, 0.6) is 0 Å². The Bertz CT molecular complexity index is 3690. The Balaban J connectivity index is 1.03. The van der Waals surface area contributed by atoms with E-state index in [-0.39, 0.29) is 0 Å². The van der Waals surface area contributed by atoms with Gasteiger partial charge in [0, 0.05) is 58.7 Å². The van der Waals surface area contributed by atoms with E-state index in [0.717, 1.165) is 33.8 Å². The molecule has 2 heterocycles. The molecule has 12 aromatic rings. The Labute approximate surface area is 369 Å². The van der Waals surface area contributed by atoms with Gasteiger partial charge < -0.3 is 4.90 Å². The summed E-state index contributed by atoms with van der Waals surface area (Å²) >= 11 is 1.88. The fourth-order valence-corrected chi connectivity index (χ4v) is 11.9.